The van der Waals surface area contributed by atoms with Gasteiger partial charge in [-0.2, -0.15) is 12.6 Å². The van der Waals surface area contributed by atoms with Gasteiger partial charge in [-0.3, -0.25) is 4.90 Å². The number of thiol groups is 1. The minimum atomic E-state index is -0.965. The number of aromatic carboxylic acids is 1. The lowest BCUT2D eigenvalue weighted by Gasteiger charge is -2.37. The molecule has 206 valence electrons. The zero-order valence-corrected chi connectivity index (χ0v) is 23.5. The van der Waals surface area contributed by atoms with E-state index in [-0.39, 0.29) is 11.7 Å². The van der Waals surface area contributed by atoms with Crippen molar-refractivity contribution in [2.75, 3.05) is 26.3 Å². The maximum atomic E-state index is 11.3. The predicted molar refractivity (Wildman–Crippen MR) is 151 cm³/mol. The summed E-state index contributed by atoms with van der Waals surface area (Å²) in [5, 5.41) is 10.5. The van der Waals surface area contributed by atoms with Crippen LogP contribution in [0.5, 0.6) is 5.95 Å². The molecule has 0 saturated carbocycles. The number of carbonyl (C=O) groups is 1. The molecule has 2 saturated heterocycles. The first-order chi connectivity index (χ1) is 18.9. The lowest BCUT2D eigenvalue weighted by molar-refractivity contribution is -0.00135. The average Bonchev–Trinajstić information content (AvgIpc) is 3.44. The minimum absolute atomic E-state index is 0.00560. The number of nitrogens with zero attached hydrogens (tertiary/aromatic N) is 4. The first-order valence-electron chi connectivity index (χ1n) is 12.6. The van der Waals surface area contributed by atoms with E-state index in [4.69, 9.17) is 37.1 Å². The number of imidazole rings is 1. The molecule has 0 aliphatic carbocycles. The van der Waals surface area contributed by atoms with Gasteiger partial charge in [-0.15, -0.1) is 0 Å². The third kappa shape index (κ3) is 6.88. The Kier molecular flexibility index (Phi) is 8.99. The van der Waals surface area contributed by atoms with Crippen molar-refractivity contribution in [2.45, 2.75) is 37.8 Å². The summed E-state index contributed by atoms with van der Waals surface area (Å²) < 4.78 is 18.3. The van der Waals surface area contributed by atoms with E-state index in [0.29, 0.717) is 60.2 Å². The fourth-order valence-electron chi connectivity index (χ4n) is 4.25. The van der Waals surface area contributed by atoms with Crippen LogP contribution in [0.15, 0.2) is 47.0 Å². The smallest absolute Gasteiger partial charge is 0.335 e. The van der Waals surface area contributed by atoms with E-state index in [9.17, 15) is 9.90 Å². The van der Waals surface area contributed by atoms with E-state index in [2.05, 4.69) is 27.5 Å². The lowest BCUT2D eigenvalue weighted by Crippen LogP contribution is -2.53. The second kappa shape index (κ2) is 12.6. The first kappa shape index (κ1) is 27.8. The molecule has 0 atom stereocenters. The number of benzene rings is 2. The van der Waals surface area contributed by atoms with Crippen molar-refractivity contribution in [3.8, 4) is 5.95 Å². The van der Waals surface area contributed by atoms with Gasteiger partial charge in [0.2, 0.25) is 0 Å². The van der Waals surface area contributed by atoms with Gasteiger partial charge in [0.15, 0.2) is 5.89 Å². The van der Waals surface area contributed by atoms with E-state index in [1.807, 2.05) is 16.7 Å². The SMILES string of the molecule is C1COC1.O=C(O)c1ccc2nc(CN3CC(Oc4cnc(CCc5ccc(Cl)cc5Cl)o4)C3)n(CS)c2c1. The van der Waals surface area contributed by atoms with E-state index in [1.54, 1.807) is 30.5 Å². The molecule has 2 aromatic heterocycles. The molecule has 4 heterocycles. The van der Waals surface area contributed by atoms with E-state index < -0.39 is 5.97 Å². The number of fused-ring (bicyclic) bond motifs is 1. The van der Waals surface area contributed by atoms with Crippen molar-refractivity contribution in [1.29, 1.82) is 0 Å². The van der Waals surface area contributed by atoms with Gasteiger partial charge in [0, 0.05) is 42.8 Å². The molecule has 0 unspecified atom stereocenters. The topological polar surface area (TPSA) is 103 Å². The van der Waals surface area contributed by atoms with Crippen LogP contribution >= 0.6 is 35.8 Å². The Balaban J connectivity index is 0.000000707. The molecular formula is C27H28Cl2N4O5S. The number of hydrogen-bond acceptors (Lipinski definition) is 8. The summed E-state index contributed by atoms with van der Waals surface area (Å²) in [4.78, 5) is 22.5. The quantitative estimate of drug-likeness (QED) is 0.251. The van der Waals surface area contributed by atoms with Crippen molar-refractivity contribution >= 4 is 52.8 Å². The summed E-state index contributed by atoms with van der Waals surface area (Å²) in [6.45, 7) is 4.04. The molecule has 0 radical (unpaired) electrons. The van der Waals surface area contributed by atoms with Crippen LogP contribution in [0, 0.1) is 0 Å². The highest BCUT2D eigenvalue weighted by Crippen LogP contribution is 2.25. The molecule has 2 fully saturated rings. The molecular weight excluding hydrogens is 563 g/mol. The zero-order valence-electron chi connectivity index (χ0n) is 21.1. The predicted octanol–water partition coefficient (Wildman–Crippen LogP) is 5.37. The number of halogens is 2. The standard InChI is InChI=1S/C24H22Cl2N4O4S.C3H6O/c25-16-4-1-14(18(26)8-16)3-6-22-27-9-23(34-22)33-17-10-29(11-17)12-21-28-19-5-2-15(24(31)32)7-20(19)30(21)13-35;1-2-4-3-1/h1-2,4-5,7-9,17,35H,3,6,10-13H2,(H,31,32);1-3H2. The van der Waals surface area contributed by atoms with Crippen LogP contribution in [0.2, 0.25) is 10.0 Å². The molecule has 0 spiro atoms. The van der Waals surface area contributed by atoms with Crippen LogP contribution in [0.25, 0.3) is 11.0 Å². The van der Waals surface area contributed by atoms with Crippen LogP contribution in [0.1, 0.15) is 34.1 Å². The molecule has 39 heavy (non-hydrogen) atoms. The molecule has 6 rings (SSSR count). The Morgan fingerprint density at radius 2 is 1.92 bits per heavy atom. The van der Waals surface area contributed by atoms with Gasteiger partial charge in [0.05, 0.1) is 29.0 Å². The van der Waals surface area contributed by atoms with Crippen LogP contribution in [-0.2, 0) is 30.0 Å². The molecule has 2 aromatic carbocycles. The Hall–Kier alpha value is -2.76. The number of carboxylic acid groups (broad SMARTS) is 1. The summed E-state index contributed by atoms with van der Waals surface area (Å²) in [6, 6.07) is 10.4. The van der Waals surface area contributed by atoms with Gasteiger partial charge in [-0.05, 0) is 48.7 Å². The fraction of sp³-hybridized carbons (Fsp3) is 0.370. The van der Waals surface area contributed by atoms with Gasteiger partial charge in [-0.25, -0.2) is 14.8 Å². The third-order valence-corrected chi connectivity index (χ3v) is 7.39. The number of carboxylic acids is 1. The number of oxazole rings is 1. The molecule has 9 nitrogen and oxygen atoms in total. The number of likely N-dealkylation sites (tertiary alicyclic amines) is 1. The monoisotopic (exact) mass is 590 g/mol. The Bertz CT molecular complexity index is 1450. The van der Waals surface area contributed by atoms with Crippen LogP contribution in [0.3, 0.4) is 0 Å². The van der Waals surface area contributed by atoms with Crippen molar-refractivity contribution in [3.63, 3.8) is 0 Å². The van der Waals surface area contributed by atoms with Crippen molar-refractivity contribution in [2.24, 2.45) is 0 Å². The normalized spacial score (nSPS) is 15.4. The van der Waals surface area contributed by atoms with Gasteiger partial charge >= 0.3 is 11.9 Å². The zero-order chi connectivity index (χ0) is 27.4. The third-order valence-electron chi connectivity index (χ3n) is 6.52. The summed E-state index contributed by atoms with van der Waals surface area (Å²) in [6.07, 6.45) is 4.16. The first-order valence-corrected chi connectivity index (χ1v) is 14.0. The molecule has 4 aromatic rings. The number of aromatic nitrogens is 3. The lowest BCUT2D eigenvalue weighted by atomic mass is 10.1. The van der Waals surface area contributed by atoms with Crippen LogP contribution in [-0.4, -0.2) is 62.9 Å². The highest BCUT2D eigenvalue weighted by atomic mass is 35.5. The van der Waals surface area contributed by atoms with Crippen molar-refractivity contribution in [1.82, 2.24) is 19.4 Å². The Morgan fingerprint density at radius 3 is 2.59 bits per heavy atom. The molecule has 2 aliphatic rings. The van der Waals surface area contributed by atoms with Crippen LogP contribution in [0.4, 0.5) is 0 Å². The summed E-state index contributed by atoms with van der Waals surface area (Å²) in [5.41, 5.74) is 2.73. The van der Waals surface area contributed by atoms with E-state index in [1.165, 1.54) is 6.42 Å². The summed E-state index contributed by atoms with van der Waals surface area (Å²) in [7, 11) is 0. The Labute approximate surface area is 241 Å². The maximum Gasteiger partial charge on any atom is 0.335 e. The average molecular weight is 592 g/mol. The summed E-state index contributed by atoms with van der Waals surface area (Å²) >= 11 is 16.6. The van der Waals surface area contributed by atoms with Gasteiger partial charge in [0.25, 0.3) is 0 Å². The minimum Gasteiger partial charge on any atom is -0.478 e. The summed E-state index contributed by atoms with van der Waals surface area (Å²) in [5.74, 6) is 1.26. The van der Waals surface area contributed by atoms with Crippen molar-refractivity contribution in [3.05, 3.63) is 75.5 Å². The number of ether oxygens (including phenoxy) is 2. The Morgan fingerprint density at radius 1 is 1.15 bits per heavy atom. The second-order valence-corrected chi connectivity index (χ2v) is 10.4. The molecule has 2 aliphatic heterocycles. The number of aryl methyl sites for hydroxylation is 2. The van der Waals surface area contributed by atoms with E-state index >= 15 is 0 Å². The van der Waals surface area contributed by atoms with Gasteiger partial charge in [0.1, 0.15) is 18.1 Å². The maximum absolute atomic E-state index is 11.3. The molecule has 0 amide bonds. The largest absolute Gasteiger partial charge is 0.478 e. The van der Waals surface area contributed by atoms with Crippen LogP contribution < -0.4 is 4.74 Å². The second-order valence-electron chi connectivity index (χ2n) is 9.31. The van der Waals surface area contributed by atoms with Gasteiger partial charge < -0.3 is 23.6 Å². The molecule has 0 bridgehead atoms. The highest BCUT2D eigenvalue weighted by Gasteiger charge is 2.30. The highest BCUT2D eigenvalue weighted by molar-refractivity contribution is 7.79. The van der Waals surface area contributed by atoms with Crippen molar-refractivity contribution < 1.29 is 23.8 Å². The van der Waals surface area contributed by atoms with E-state index in [0.717, 1.165) is 35.6 Å². The molecule has 1 N–H and O–H groups in total. The number of rotatable bonds is 9. The fourth-order valence-corrected chi connectivity index (χ4v) is 5.07. The molecule has 12 heteroatoms. The number of hydrogen-bond donors (Lipinski definition) is 2. The van der Waals surface area contributed by atoms with Gasteiger partial charge in [-0.1, -0.05) is 29.3 Å².